The molecule has 0 spiro atoms. The van der Waals surface area contributed by atoms with Crippen molar-refractivity contribution < 1.29 is 14.6 Å². The van der Waals surface area contributed by atoms with Crippen molar-refractivity contribution in [1.82, 2.24) is 19.3 Å². The third kappa shape index (κ3) is 4.30. The highest BCUT2D eigenvalue weighted by Gasteiger charge is 2.40. The molecule has 3 aliphatic rings. The molecule has 0 bridgehead atoms. The van der Waals surface area contributed by atoms with Crippen molar-refractivity contribution in [2.75, 3.05) is 12.3 Å². The average Bonchev–Trinajstić information content (AvgIpc) is 3.65. The number of ether oxygens (including phenoxy) is 1. The lowest BCUT2D eigenvalue weighted by Crippen LogP contribution is -2.41. The molecule has 1 amide bonds. The number of piperidine rings is 1. The largest absolute Gasteiger partial charge is 0.490 e. The Balaban J connectivity index is 1.23. The summed E-state index contributed by atoms with van der Waals surface area (Å²) in [5.41, 5.74) is 9.70. The van der Waals surface area contributed by atoms with Gasteiger partial charge >= 0.3 is 0 Å². The van der Waals surface area contributed by atoms with Crippen LogP contribution in [-0.2, 0) is 10.4 Å². The molecule has 8 heteroatoms. The number of carbonyl (C=O) groups is 1. The Morgan fingerprint density at radius 3 is 2.66 bits per heavy atom. The fourth-order valence-electron chi connectivity index (χ4n) is 6.34. The van der Waals surface area contributed by atoms with Crippen LogP contribution in [0.3, 0.4) is 0 Å². The monoisotopic (exact) mass is 547 g/mol. The quantitative estimate of drug-likeness (QED) is 0.316. The third-order valence-corrected chi connectivity index (χ3v) is 8.72. The van der Waals surface area contributed by atoms with Crippen LogP contribution in [0.2, 0.25) is 0 Å². The van der Waals surface area contributed by atoms with Crippen molar-refractivity contribution in [3.05, 3.63) is 103 Å². The van der Waals surface area contributed by atoms with Crippen molar-refractivity contribution in [3.63, 3.8) is 0 Å². The van der Waals surface area contributed by atoms with Gasteiger partial charge in [-0.3, -0.25) is 9.20 Å². The standard InChI is InChI=1S/C33H33N5O3/c1-3-33(40,24-5-4-6-26(18-24)41-25-12-13-25)23-10-7-21(8-11-23)29-30-31(34)35-15-16-37(30)32(36-29)22-9-14-27-20(2)17-28(39)38(27)19-22/h3-8,10-11,15-16,18,22,25,27,40H,1-2,9,12-14,17,19H2,(H2,34,35)/t22-,27+,33+/m1/s1. The van der Waals surface area contributed by atoms with Gasteiger partial charge in [0.25, 0.3) is 0 Å². The van der Waals surface area contributed by atoms with Crippen LogP contribution in [0, 0.1) is 0 Å². The third-order valence-electron chi connectivity index (χ3n) is 8.72. The molecule has 2 aliphatic heterocycles. The highest BCUT2D eigenvalue weighted by molar-refractivity contribution is 5.86. The van der Waals surface area contributed by atoms with Crippen LogP contribution in [-0.4, -0.2) is 49.0 Å². The van der Waals surface area contributed by atoms with E-state index >= 15 is 0 Å². The number of nitrogens with two attached hydrogens (primary N) is 1. The van der Waals surface area contributed by atoms with Crippen molar-refractivity contribution in [2.24, 2.45) is 0 Å². The van der Waals surface area contributed by atoms with Crippen molar-refractivity contribution in [1.29, 1.82) is 0 Å². The molecule has 208 valence electrons. The van der Waals surface area contributed by atoms with E-state index in [4.69, 9.17) is 15.5 Å². The maximum absolute atomic E-state index is 12.6. The summed E-state index contributed by atoms with van der Waals surface area (Å²) in [4.78, 5) is 24.0. The van der Waals surface area contributed by atoms with Crippen molar-refractivity contribution >= 4 is 17.2 Å². The van der Waals surface area contributed by atoms with Gasteiger partial charge < -0.3 is 20.5 Å². The van der Waals surface area contributed by atoms with Crippen molar-refractivity contribution in [2.45, 2.75) is 55.8 Å². The molecule has 8 nitrogen and oxygen atoms in total. The van der Waals surface area contributed by atoms with Gasteiger partial charge in [-0.05, 0) is 54.5 Å². The number of nitrogens with zero attached hydrogens (tertiary/aromatic N) is 4. The highest BCUT2D eigenvalue weighted by Crippen LogP contribution is 2.40. The zero-order valence-electron chi connectivity index (χ0n) is 22.9. The summed E-state index contributed by atoms with van der Waals surface area (Å²) in [6, 6.07) is 15.4. The molecule has 2 aromatic carbocycles. The number of amides is 1. The highest BCUT2D eigenvalue weighted by atomic mass is 16.5. The predicted molar refractivity (Wildman–Crippen MR) is 157 cm³/mol. The molecule has 1 aliphatic carbocycles. The van der Waals surface area contributed by atoms with Gasteiger partial charge in [0.15, 0.2) is 0 Å². The number of imidazole rings is 1. The summed E-state index contributed by atoms with van der Waals surface area (Å²) in [5, 5.41) is 11.7. The van der Waals surface area contributed by atoms with Gasteiger partial charge in [0.05, 0.1) is 12.1 Å². The molecule has 7 rings (SSSR count). The van der Waals surface area contributed by atoms with E-state index in [-0.39, 0.29) is 24.0 Å². The Kier molecular flexibility index (Phi) is 5.97. The summed E-state index contributed by atoms with van der Waals surface area (Å²) in [6.07, 6.45) is 9.73. The van der Waals surface area contributed by atoms with E-state index in [1.807, 2.05) is 64.0 Å². The van der Waals surface area contributed by atoms with Crippen LogP contribution in [0.5, 0.6) is 5.75 Å². The van der Waals surface area contributed by atoms with E-state index in [1.54, 1.807) is 12.3 Å². The summed E-state index contributed by atoms with van der Waals surface area (Å²) in [5.74, 6) is 2.21. The second kappa shape index (κ2) is 9.59. The van der Waals surface area contributed by atoms with Gasteiger partial charge in [0.1, 0.15) is 34.2 Å². The van der Waals surface area contributed by atoms with Crippen LogP contribution in [0.15, 0.2) is 85.7 Å². The summed E-state index contributed by atoms with van der Waals surface area (Å²) in [6.45, 7) is 8.68. The first-order valence-electron chi connectivity index (χ1n) is 14.2. The minimum Gasteiger partial charge on any atom is -0.490 e. The number of rotatable bonds is 7. The number of fused-ring (bicyclic) bond motifs is 2. The lowest BCUT2D eigenvalue weighted by Gasteiger charge is -2.34. The smallest absolute Gasteiger partial charge is 0.227 e. The number of carbonyl (C=O) groups excluding carboxylic acids is 1. The molecule has 4 heterocycles. The number of anilines is 1. The molecule has 2 saturated heterocycles. The second-order valence-corrected chi connectivity index (χ2v) is 11.4. The van der Waals surface area contributed by atoms with Gasteiger partial charge in [-0.1, -0.05) is 55.6 Å². The second-order valence-electron chi connectivity index (χ2n) is 11.4. The van der Waals surface area contributed by atoms with E-state index in [9.17, 15) is 9.90 Å². The number of benzene rings is 2. The van der Waals surface area contributed by atoms with E-state index in [0.29, 0.717) is 29.9 Å². The van der Waals surface area contributed by atoms with E-state index < -0.39 is 5.60 Å². The zero-order chi connectivity index (χ0) is 28.3. The van der Waals surface area contributed by atoms with Gasteiger partial charge in [0.2, 0.25) is 5.91 Å². The van der Waals surface area contributed by atoms with Crippen LogP contribution in [0.1, 0.15) is 55.0 Å². The average molecular weight is 548 g/mol. The van der Waals surface area contributed by atoms with E-state index in [0.717, 1.165) is 59.6 Å². The molecule has 1 saturated carbocycles. The van der Waals surface area contributed by atoms with Gasteiger partial charge in [0, 0.05) is 36.8 Å². The first-order chi connectivity index (χ1) is 19.9. The fraction of sp³-hybridized carbons (Fsp3) is 0.303. The SMILES string of the molecule is C=C[C@](O)(c1ccc(-c2nc([C@@H]3CC[C@H]4C(=C)CC(=O)N4C3)n3ccnc(N)c23)cc1)c1cccc(OC2CC2)c1. The van der Waals surface area contributed by atoms with E-state index in [1.165, 1.54) is 0 Å². The summed E-state index contributed by atoms with van der Waals surface area (Å²) < 4.78 is 7.97. The zero-order valence-corrected chi connectivity index (χ0v) is 22.9. The van der Waals surface area contributed by atoms with Gasteiger partial charge in [-0.2, -0.15) is 0 Å². The van der Waals surface area contributed by atoms with Crippen LogP contribution in [0.4, 0.5) is 5.82 Å². The maximum atomic E-state index is 12.6. The number of hydrogen-bond donors (Lipinski definition) is 2. The lowest BCUT2D eigenvalue weighted by atomic mass is 9.86. The number of aliphatic hydroxyl groups is 1. The Bertz CT molecular complexity index is 1690. The van der Waals surface area contributed by atoms with Crippen LogP contribution < -0.4 is 10.5 Å². The molecule has 0 radical (unpaired) electrons. The molecular formula is C33H33N5O3. The molecular weight excluding hydrogens is 514 g/mol. The van der Waals surface area contributed by atoms with Gasteiger partial charge in [-0.15, -0.1) is 0 Å². The molecule has 41 heavy (non-hydrogen) atoms. The van der Waals surface area contributed by atoms with E-state index in [2.05, 4.69) is 18.1 Å². The molecule has 4 aromatic rings. The predicted octanol–water partition coefficient (Wildman–Crippen LogP) is 4.98. The molecule has 3 atom stereocenters. The minimum absolute atomic E-state index is 0.0689. The fourth-order valence-corrected chi connectivity index (χ4v) is 6.34. The normalized spacial score (nSPS) is 22.0. The van der Waals surface area contributed by atoms with Crippen LogP contribution >= 0.6 is 0 Å². The Labute approximate surface area is 238 Å². The molecule has 3 fully saturated rings. The Morgan fingerprint density at radius 2 is 1.90 bits per heavy atom. The number of hydrogen-bond acceptors (Lipinski definition) is 6. The molecule has 0 unspecified atom stereocenters. The number of nitrogen functional groups attached to an aromatic ring is 1. The maximum Gasteiger partial charge on any atom is 0.227 e. The Hall–Kier alpha value is -4.43. The first-order valence-corrected chi connectivity index (χ1v) is 14.2. The number of aromatic nitrogens is 3. The van der Waals surface area contributed by atoms with Crippen molar-refractivity contribution in [3.8, 4) is 17.0 Å². The van der Waals surface area contributed by atoms with Crippen LogP contribution in [0.25, 0.3) is 16.8 Å². The summed E-state index contributed by atoms with van der Waals surface area (Å²) in [7, 11) is 0. The molecule has 2 aromatic heterocycles. The molecule has 3 N–H and O–H groups in total. The minimum atomic E-state index is -1.39. The topological polar surface area (TPSA) is 106 Å². The van der Waals surface area contributed by atoms with Gasteiger partial charge in [-0.25, -0.2) is 9.97 Å². The lowest BCUT2D eigenvalue weighted by molar-refractivity contribution is -0.130. The Morgan fingerprint density at radius 1 is 1.10 bits per heavy atom. The summed E-state index contributed by atoms with van der Waals surface area (Å²) >= 11 is 0. The first kappa shape index (κ1) is 25.5.